The van der Waals surface area contributed by atoms with Crippen LogP contribution >= 0.6 is 0 Å². The van der Waals surface area contributed by atoms with E-state index >= 15 is 0 Å². The van der Waals surface area contributed by atoms with Crippen molar-refractivity contribution in [3.8, 4) is 0 Å². The van der Waals surface area contributed by atoms with E-state index in [2.05, 4.69) is 13.8 Å². The SMILES string of the molecule is CC1(C)O[C@@H]([Na])C(C)(C)O1. The van der Waals surface area contributed by atoms with Crippen molar-refractivity contribution < 1.29 is 9.47 Å². The molecule has 1 atom stereocenters. The van der Waals surface area contributed by atoms with Gasteiger partial charge in [-0.2, -0.15) is 0 Å². The number of hydrogen-bond donors (Lipinski definition) is 0. The molecule has 0 spiro atoms. The fourth-order valence-electron chi connectivity index (χ4n) is 1.31. The van der Waals surface area contributed by atoms with Gasteiger partial charge in [0.25, 0.3) is 0 Å². The van der Waals surface area contributed by atoms with Crippen molar-refractivity contribution in [1.82, 2.24) is 0 Å². The first-order valence-corrected chi connectivity index (χ1v) is 4.87. The Balaban J connectivity index is 2.71. The van der Waals surface area contributed by atoms with Crippen LogP contribution in [-0.2, 0) is 9.47 Å². The van der Waals surface area contributed by atoms with Crippen LogP contribution in [0, 0.1) is 0 Å². The third-order valence-electron chi connectivity index (χ3n) is 1.95. The van der Waals surface area contributed by atoms with Gasteiger partial charge in [0.1, 0.15) is 0 Å². The molecule has 1 heterocycles. The van der Waals surface area contributed by atoms with E-state index < -0.39 is 0 Å². The van der Waals surface area contributed by atoms with Gasteiger partial charge >= 0.3 is 79.8 Å². The molecule has 1 rings (SSSR count). The fraction of sp³-hybridized carbons (Fsp3) is 1.00. The first kappa shape index (κ1) is 9.01. The van der Waals surface area contributed by atoms with Gasteiger partial charge in [-0.1, -0.05) is 0 Å². The van der Waals surface area contributed by atoms with Gasteiger partial charge in [0, 0.05) is 0 Å². The molecule has 0 aromatic heterocycles. The molecular weight excluding hydrogens is 139 g/mol. The molecule has 1 saturated heterocycles. The third-order valence-corrected chi connectivity index (χ3v) is 3.57. The molecule has 0 saturated carbocycles. The number of ether oxygens (including phenoxy) is 2. The molecule has 0 aliphatic carbocycles. The van der Waals surface area contributed by atoms with E-state index in [9.17, 15) is 0 Å². The van der Waals surface area contributed by atoms with Crippen molar-refractivity contribution in [2.75, 3.05) is 0 Å². The summed E-state index contributed by atoms with van der Waals surface area (Å²) in [4.78, 5) is 0. The Morgan fingerprint density at radius 2 is 1.70 bits per heavy atom. The molecule has 10 heavy (non-hydrogen) atoms. The van der Waals surface area contributed by atoms with Crippen molar-refractivity contribution in [3.05, 3.63) is 0 Å². The maximum atomic E-state index is 5.66. The molecule has 0 aromatic rings. The summed E-state index contributed by atoms with van der Waals surface area (Å²) >= 11 is 1.04. The molecular formula is C7H13NaO2. The monoisotopic (exact) mass is 152 g/mol. The van der Waals surface area contributed by atoms with Crippen LogP contribution in [0.25, 0.3) is 0 Å². The molecule has 1 fully saturated rings. The standard InChI is InChI=1S/C7H13O2.Na/c1-6(2)5-8-7(3,4)9-6;/h5H,1-4H3;. The fourth-order valence-corrected chi connectivity index (χ4v) is 1.99. The second-order valence-corrected chi connectivity index (χ2v) is 4.91. The van der Waals surface area contributed by atoms with Crippen LogP contribution in [0.2, 0.25) is 0 Å². The van der Waals surface area contributed by atoms with Crippen molar-refractivity contribution >= 4 is 27.9 Å². The minimum absolute atomic E-state index is 0.0737. The summed E-state index contributed by atoms with van der Waals surface area (Å²) in [5.41, 5.74) is -0.0737. The molecule has 0 radical (unpaired) electrons. The van der Waals surface area contributed by atoms with Crippen LogP contribution in [0.5, 0.6) is 0 Å². The van der Waals surface area contributed by atoms with Gasteiger partial charge < -0.3 is 0 Å². The molecule has 0 N–H and O–H groups in total. The zero-order valence-electron chi connectivity index (χ0n) is 7.39. The van der Waals surface area contributed by atoms with Crippen molar-refractivity contribution in [2.24, 2.45) is 0 Å². The molecule has 0 amide bonds. The van der Waals surface area contributed by atoms with E-state index in [1.807, 2.05) is 13.8 Å². The van der Waals surface area contributed by atoms with Crippen LogP contribution in [0.15, 0.2) is 0 Å². The quantitative estimate of drug-likeness (QED) is 0.483. The van der Waals surface area contributed by atoms with Crippen LogP contribution in [0.3, 0.4) is 0 Å². The van der Waals surface area contributed by atoms with E-state index in [4.69, 9.17) is 9.47 Å². The van der Waals surface area contributed by atoms with Crippen molar-refractivity contribution in [3.63, 3.8) is 0 Å². The summed E-state index contributed by atoms with van der Waals surface area (Å²) in [6.07, 6.45) is 0. The van der Waals surface area contributed by atoms with Gasteiger partial charge in [0.15, 0.2) is 0 Å². The Morgan fingerprint density at radius 3 is 1.80 bits per heavy atom. The van der Waals surface area contributed by atoms with E-state index in [-0.39, 0.29) is 11.4 Å². The molecule has 0 aromatic carbocycles. The normalized spacial score (nSPS) is 36.4. The summed E-state index contributed by atoms with van der Waals surface area (Å²) in [7, 11) is 0. The van der Waals surface area contributed by atoms with Gasteiger partial charge in [0.05, 0.1) is 0 Å². The van der Waals surface area contributed by atoms with Crippen LogP contribution in [0.1, 0.15) is 27.7 Å². The van der Waals surface area contributed by atoms with E-state index in [1.54, 1.807) is 0 Å². The molecule has 3 heteroatoms. The average molecular weight is 152 g/mol. The van der Waals surface area contributed by atoms with Gasteiger partial charge in [-0.15, -0.1) is 0 Å². The van der Waals surface area contributed by atoms with Gasteiger partial charge in [-0.05, 0) is 0 Å². The first-order valence-electron chi connectivity index (χ1n) is 3.71. The summed E-state index contributed by atoms with van der Waals surface area (Å²) in [5, 5.41) is 0. The summed E-state index contributed by atoms with van der Waals surface area (Å²) in [6, 6.07) is 0. The Bertz CT molecular complexity index is 143. The van der Waals surface area contributed by atoms with E-state index in [0.717, 1.165) is 27.9 Å². The zero-order chi connectivity index (χ0) is 7.99. The molecule has 2 nitrogen and oxygen atoms in total. The van der Waals surface area contributed by atoms with Crippen molar-refractivity contribution in [1.29, 1.82) is 0 Å². The van der Waals surface area contributed by atoms with Crippen LogP contribution < -0.4 is 0 Å². The average Bonchev–Trinajstić information content (AvgIpc) is 1.73. The summed E-state index contributed by atoms with van der Waals surface area (Å²) in [6.45, 7) is 8.10. The molecule has 1 aliphatic rings. The predicted octanol–water partition coefficient (Wildman–Crippen LogP) is 1.04. The molecule has 54 valence electrons. The second-order valence-electron chi connectivity index (χ2n) is 3.87. The van der Waals surface area contributed by atoms with E-state index in [0.29, 0.717) is 3.35 Å². The van der Waals surface area contributed by atoms with E-state index in [1.165, 1.54) is 0 Å². The number of rotatable bonds is 0. The van der Waals surface area contributed by atoms with Gasteiger partial charge in [-0.3, -0.25) is 0 Å². The molecule has 1 aliphatic heterocycles. The van der Waals surface area contributed by atoms with Gasteiger partial charge in [0.2, 0.25) is 0 Å². The van der Waals surface area contributed by atoms with Crippen LogP contribution in [0.4, 0.5) is 0 Å². The summed E-state index contributed by atoms with van der Waals surface area (Å²) in [5.74, 6) is -0.365. The maximum absolute atomic E-state index is 5.66. The first-order chi connectivity index (χ1) is 4.33. The van der Waals surface area contributed by atoms with Crippen molar-refractivity contribution in [2.45, 2.75) is 42.4 Å². The summed E-state index contributed by atoms with van der Waals surface area (Å²) < 4.78 is 11.6. The minimum atomic E-state index is -0.365. The Kier molecular flexibility index (Phi) is 2.21. The zero-order valence-corrected chi connectivity index (χ0v) is 9.39. The Hall–Kier alpha value is 0.920. The Morgan fingerprint density at radius 1 is 1.20 bits per heavy atom. The number of hydrogen-bond acceptors (Lipinski definition) is 2. The molecule has 0 unspecified atom stereocenters. The topological polar surface area (TPSA) is 18.5 Å². The van der Waals surface area contributed by atoms with Crippen LogP contribution in [-0.4, -0.2) is 42.7 Å². The third kappa shape index (κ3) is 1.74. The predicted molar refractivity (Wildman–Crippen MR) is 39.9 cm³/mol. The second kappa shape index (κ2) is 2.46. The van der Waals surface area contributed by atoms with Gasteiger partial charge in [-0.25, -0.2) is 0 Å². The molecule has 0 bridgehead atoms. The Labute approximate surface area is 79.7 Å².